The topological polar surface area (TPSA) is 120 Å². The highest BCUT2D eigenvalue weighted by Crippen LogP contribution is 2.35. The Kier molecular flexibility index (Phi) is 4.80. The number of benzene rings is 1. The quantitative estimate of drug-likeness (QED) is 0.455. The van der Waals surface area contributed by atoms with E-state index in [-0.39, 0.29) is 17.7 Å². The van der Waals surface area contributed by atoms with Crippen molar-refractivity contribution in [2.24, 2.45) is 27.2 Å². The number of carbonyl (C=O) groups is 1. The first-order valence-corrected chi connectivity index (χ1v) is 7.81. The van der Waals surface area contributed by atoms with Gasteiger partial charge in [-0.2, -0.15) is 4.99 Å². The Morgan fingerprint density at radius 1 is 1.13 bits per heavy atom. The van der Waals surface area contributed by atoms with E-state index in [1.807, 2.05) is 37.4 Å². The van der Waals surface area contributed by atoms with Crippen molar-refractivity contribution in [2.45, 2.75) is 20.8 Å². The van der Waals surface area contributed by atoms with Crippen LogP contribution in [0.1, 0.15) is 27.7 Å². The van der Waals surface area contributed by atoms with E-state index in [0.717, 1.165) is 27.1 Å². The minimum Gasteiger partial charge on any atom is -0.370 e. The van der Waals surface area contributed by atoms with E-state index in [4.69, 9.17) is 17.2 Å². The van der Waals surface area contributed by atoms with Crippen LogP contribution in [0.15, 0.2) is 33.6 Å². The Morgan fingerprint density at radius 2 is 1.74 bits per heavy atom. The van der Waals surface area contributed by atoms with Crippen molar-refractivity contribution in [3.05, 3.63) is 39.6 Å². The molecule has 0 saturated carbocycles. The molecule has 0 atom stereocenters. The van der Waals surface area contributed by atoms with Crippen molar-refractivity contribution < 1.29 is 4.79 Å². The molecule has 0 unspecified atom stereocenters. The Morgan fingerprint density at radius 3 is 2.26 bits per heavy atom. The molecule has 6 N–H and O–H groups in total. The molecule has 0 aliphatic rings. The lowest BCUT2D eigenvalue weighted by Gasteiger charge is -2.11. The van der Waals surface area contributed by atoms with Crippen molar-refractivity contribution in [2.75, 3.05) is 0 Å². The van der Waals surface area contributed by atoms with Crippen LogP contribution in [0.5, 0.6) is 0 Å². The van der Waals surface area contributed by atoms with Gasteiger partial charge in [-0.3, -0.25) is 4.79 Å². The fourth-order valence-corrected chi connectivity index (χ4v) is 3.30. The zero-order valence-corrected chi connectivity index (χ0v) is 14.1. The number of rotatable bonds is 3. The summed E-state index contributed by atoms with van der Waals surface area (Å²) >= 11 is 1.45. The highest BCUT2D eigenvalue weighted by molar-refractivity contribution is 7.12. The maximum absolute atomic E-state index is 11.8. The summed E-state index contributed by atoms with van der Waals surface area (Å²) in [6.07, 6.45) is 0. The fourth-order valence-electron chi connectivity index (χ4n) is 2.50. The summed E-state index contributed by atoms with van der Waals surface area (Å²) in [4.78, 5) is 20.4. The average Bonchev–Trinajstić information content (AvgIpc) is 2.85. The second-order valence-corrected chi connectivity index (χ2v) is 6.10. The highest BCUT2D eigenvalue weighted by Gasteiger charge is 2.15. The lowest BCUT2D eigenvalue weighted by molar-refractivity contribution is 0.102. The number of carbonyl (C=O) groups excluding carboxylic acids is 1. The van der Waals surface area contributed by atoms with Gasteiger partial charge >= 0.3 is 0 Å². The molecule has 0 bridgehead atoms. The van der Waals surface area contributed by atoms with Crippen LogP contribution in [-0.2, 0) is 0 Å². The largest absolute Gasteiger partial charge is 0.370 e. The molecule has 1 heterocycles. The summed E-state index contributed by atoms with van der Waals surface area (Å²) < 4.78 is 0. The molecule has 120 valence electrons. The second kappa shape index (κ2) is 6.62. The molecular weight excluding hydrogens is 310 g/mol. The van der Waals surface area contributed by atoms with E-state index in [1.165, 1.54) is 11.3 Å². The normalized spacial score (nSPS) is 11.3. The standard InChI is InChI=1S/C16H19N5OS/c1-8-6-11(20-16(19)21-15(17)18)7-9(2)13(8)12-4-5-23-14(12)10(3)22/h4-7H,1-3H3,(H6,17,18,19,20,21). The highest BCUT2D eigenvalue weighted by atomic mass is 32.1. The number of thiophene rings is 1. The number of aryl methyl sites for hydroxylation is 2. The van der Waals surface area contributed by atoms with Gasteiger partial charge in [-0.25, -0.2) is 4.99 Å². The Bertz CT molecular complexity index is 793. The van der Waals surface area contributed by atoms with E-state index in [1.54, 1.807) is 6.92 Å². The van der Waals surface area contributed by atoms with Gasteiger partial charge in [-0.05, 0) is 61.0 Å². The van der Waals surface area contributed by atoms with Gasteiger partial charge in [0.15, 0.2) is 11.7 Å². The number of nitrogens with zero attached hydrogens (tertiary/aromatic N) is 2. The van der Waals surface area contributed by atoms with E-state index in [2.05, 4.69) is 9.98 Å². The third-order valence-corrected chi connectivity index (χ3v) is 4.27. The number of hydrogen-bond acceptors (Lipinski definition) is 3. The molecule has 2 aromatic rings. The molecule has 7 heteroatoms. The predicted molar refractivity (Wildman–Crippen MR) is 96.3 cm³/mol. The maximum Gasteiger partial charge on any atom is 0.223 e. The summed E-state index contributed by atoms with van der Waals surface area (Å²) in [6.45, 7) is 5.52. The van der Waals surface area contributed by atoms with E-state index in [9.17, 15) is 4.79 Å². The third kappa shape index (κ3) is 3.75. The van der Waals surface area contributed by atoms with Crippen LogP contribution in [0, 0.1) is 13.8 Å². The number of guanidine groups is 2. The molecule has 1 aromatic heterocycles. The van der Waals surface area contributed by atoms with E-state index in [0.29, 0.717) is 5.69 Å². The van der Waals surface area contributed by atoms with Crippen LogP contribution >= 0.6 is 11.3 Å². The molecule has 2 rings (SSSR count). The van der Waals surface area contributed by atoms with Crippen molar-refractivity contribution in [1.82, 2.24) is 0 Å². The molecule has 0 amide bonds. The minimum atomic E-state index is -0.138. The third-order valence-electron chi connectivity index (χ3n) is 3.26. The lowest BCUT2D eigenvalue weighted by atomic mass is 9.95. The van der Waals surface area contributed by atoms with Crippen LogP contribution in [0.2, 0.25) is 0 Å². The SMILES string of the molecule is CC(=O)c1sccc1-c1c(C)cc(N=C(N)N=C(N)N)cc1C. The monoisotopic (exact) mass is 329 g/mol. The number of aliphatic imine (C=N–C) groups is 2. The Labute approximate surface area is 138 Å². The molecule has 0 spiro atoms. The minimum absolute atomic E-state index is 0.00323. The average molecular weight is 329 g/mol. The molecule has 6 nitrogen and oxygen atoms in total. The molecule has 23 heavy (non-hydrogen) atoms. The molecule has 0 fully saturated rings. The van der Waals surface area contributed by atoms with Crippen LogP contribution in [0.3, 0.4) is 0 Å². The smallest absolute Gasteiger partial charge is 0.223 e. The van der Waals surface area contributed by atoms with Gasteiger partial charge in [0.25, 0.3) is 0 Å². The van der Waals surface area contributed by atoms with Crippen LogP contribution in [0.4, 0.5) is 5.69 Å². The van der Waals surface area contributed by atoms with Gasteiger partial charge in [-0.15, -0.1) is 11.3 Å². The summed E-state index contributed by atoms with van der Waals surface area (Å²) in [5.74, 6) is -0.0786. The van der Waals surface area contributed by atoms with E-state index >= 15 is 0 Å². The first-order chi connectivity index (χ1) is 10.8. The fraction of sp³-hybridized carbons (Fsp3) is 0.188. The Balaban J connectivity index is 2.52. The first kappa shape index (κ1) is 16.7. The molecule has 0 saturated heterocycles. The lowest BCUT2D eigenvalue weighted by Crippen LogP contribution is -2.26. The molecular formula is C16H19N5OS. The zero-order valence-electron chi connectivity index (χ0n) is 13.3. The van der Waals surface area contributed by atoms with Crippen LogP contribution in [-0.4, -0.2) is 17.7 Å². The summed E-state index contributed by atoms with van der Waals surface area (Å²) in [7, 11) is 0. The van der Waals surface area contributed by atoms with Gasteiger partial charge in [0.05, 0.1) is 10.6 Å². The number of nitrogens with two attached hydrogens (primary N) is 3. The zero-order chi connectivity index (χ0) is 17.1. The van der Waals surface area contributed by atoms with Crippen LogP contribution in [0.25, 0.3) is 11.1 Å². The van der Waals surface area contributed by atoms with Crippen molar-refractivity contribution >= 4 is 34.7 Å². The van der Waals surface area contributed by atoms with E-state index < -0.39 is 0 Å². The summed E-state index contributed by atoms with van der Waals surface area (Å²) in [5.41, 5.74) is 20.9. The molecule has 0 aliphatic heterocycles. The Hall–Kier alpha value is -2.67. The van der Waals surface area contributed by atoms with Crippen molar-refractivity contribution in [1.29, 1.82) is 0 Å². The second-order valence-electron chi connectivity index (χ2n) is 5.18. The summed E-state index contributed by atoms with van der Waals surface area (Å²) in [5, 5.41) is 1.92. The molecule has 0 radical (unpaired) electrons. The molecule has 1 aromatic carbocycles. The number of ketones is 1. The van der Waals surface area contributed by atoms with Gasteiger partial charge in [0.2, 0.25) is 5.96 Å². The summed E-state index contributed by atoms with van der Waals surface area (Å²) in [6, 6.07) is 5.74. The van der Waals surface area contributed by atoms with Gasteiger partial charge < -0.3 is 17.2 Å². The first-order valence-electron chi connectivity index (χ1n) is 6.93. The van der Waals surface area contributed by atoms with Gasteiger partial charge in [0, 0.05) is 5.56 Å². The van der Waals surface area contributed by atoms with Crippen LogP contribution < -0.4 is 17.2 Å². The maximum atomic E-state index is 11.8. The van der Waals surface area contributed by atoms with Crippen molar-refractivity contribution in [3.63, 3.8) is 0 Å². The van der Waals surface area contributed by atoms with Crippen molar-refractivity contribution in [3.8, 4) is 11.1 Å². The molecule has 0 aliphatic carbocycles. The van der Waals surface area contributed by atoms with Gasteiger partial charge in [0.1, 0.15) is 0 Å². The number of Topliss-reactive ketones (excluding diaryl/α,β-unsaturated/α-hetero) is 1. The predicted octanol–water partition coefficient (Wildman–Crippen LogP) is 2.45. The number of hydrogen-bond donors (Lipinski definition) is 3. The van der Waals surface area contributed by atoms with Gasteiger partial charge in [-0.1, -0.05) is 0 Å².